The van der Waals surface area contributed by atoms with Gasteiger partial charge in [-0.2, -0.15) is 0 Å². The van der Waals surface area contributed by atoms with E-state index in [2.05, 4.69) is 5.32 Å². The van der Waals surface area contributed by atoms with Gasteiger partial charge in [-0.25, -0.2) is 4.39 Å². The van der Waals surface area contributed by atoms with Gasteiger partial charge in [-0.15, -0.1) is 0 Å². The molecule has 1 unspecified atom stereocenters. The lowest BCUT2D eigenvalue weighted by Crippen LogP contribution is -2.40. The summed E-state index contributed by atoms with van der Waals surface area (Å²) in [5.74, 6) is -0.688. The van der Waals surface area contributed by atoms with Crippen LogP contribution in [0.2, 0.25) is 0 Å². The molecule has 1 heterocycles. The number of hydrogen-bond donors (Lipinski definition) is 1. The smallest absolute Gasteiger partial charge is 0.238 e. The molecule has 102 valence electrons. The molecule has 1 aliphatic heterocycles. The molecule has 0 radical (unpaired) electrons. The fourth-order valence-corrected chi connectivity index (χ4v) is 2.30. The van der Waals surface area contributed by atoms with E-state index in [1.165, 1.54) is 12.1 Å². The summed E-state index contributed by atoms with van der Waals surface area (Å²) in [7, 11) is 0. The molecule has 1 aromatic rings. The summed E-state index contributed by atoms with van der Waals surface area (Å²) in [5, 5.41) is 2.55. The van der Waals surface area contributed by atoms with Gasteiger partial charge < -0.3 is 10.1 Å². The van der Waals surface area contributed by atoms with E-state index < -0.39 is 5.82 Å². The molecule has 0 saturated carbocycles. The molecule has 0 aromatic heterocycles. The molecule has 1 aromatic carbocycles. The Kier molecular flexibility index (Phi) is 4.63. The first-order chi connectivity index (χ1) is 9.19. The third-order valence-corrected chi connectivity index (χ3v) is 3.25. The Morgan fingerprint density at radius 1 is 1.47 bits per heavy atom. The lowest BCUT2D eigenvalue weighted by Gasteiger charge is -2.29. The van der Waals surface area contributed by atoms with Gasteiger partial charge in [0.15, 0.2) is 0 Å². The lowest BCUT2D eigenvalue weighted by atomic mass is 10.00. The van der Waals surface area contributed by atoms with Crippen LogP contribution in [0.5, 0.6) is 0 Å². The first kappa shape index (κ1) is 13.7. The minimum absolute atomic E-state index is 0.00927. The molecule has 1 N–H and O–H groups in total. The molecule has 0 aliphatic carbocycles. The molecule has 1 amide bonds. The second-order valence-corrected chi connectivity index (χ2v) is 4.80. The Balaban J connectivity index is 1.87. The molecule has 0 bridgehead atoms. The maximum absolute atomic E-state index is 13.4. The molecule has 1 atom stereocenters. The predicted octanol–water partition coefficient (Wildman–Crippen LogP) is 1.68. The molecule has 5 heteroatoms. The van der Waals surface area contributed by atoms with E-state index in [4.69, 9.17) is 0 Å². The van der Waals surface area contributed by atoms with Crippen LogP contribution in [0.15, 0.2) is 24.3 Å². The average molecular weight is 264 g/mol. The molecule has 1 saturated heterocycles. The number of anilines is 1. The molecular weight excluding hydrogens is 247 g/mol. The number of halogens is 1. The quantitative estimate of drug-likeness (QED) is 0.842. The van der Waals surface area contributed by atoms with Crippen LogP contribution in [0.25, 0.3) is 0 Å². The summed E-state index contributed by atoms with van der Waals surface area (Å²) in [4.78, 5) is 24.5. The minimum Gasteiger partial charge on any atom is -0.322 e. The first-order valence-electron chi connectivity index (χ1n) is 6.41. The van der Waals surface area contributed by atoms with Gasteiger partial charge in [0.2, 0.25) is 5.91 Å². The number of benzene rings is 1. The predicted molar refractivity (Wildman–Crippen MR) is 70.3 cm³/mol. The summed E-state index contributed by atoms with van der Waals surface area (Å²) in [6, 6.07) is 6.07. The van der Waals surface area contributed by atoms with Gasteiger partial charge in [-0.05, 0) is 31.5 Å². The van der Waals surface area contributed by atoms with Gasteiger partial charge in [-0.3, -0.25) is 9.69 Å². The van der Waals surface area contributed by atoms with Crippen molar-refractivity contribution in [3.63, 3.8) is 0 Å². The Hall–Kier alpha value is -1.75. The second kappa shape index (κ2) is 6.43. The van der Waals surface area contributed by atoms with Crippen molar-refractivity contribution in [1.29, 1.82) is 0 Å². The van der Waals surface area contributed by atoms with Gasteiger partial charge in [-0.1, -0.05) is 12.1 Å². The van der Waals surface area contributed by atoms with Crippen molar-refractivity contribution >= 4 is 17.9 Å². The molecule has 0 spiro atoms. The molecule has 1 fully saturated rings. The Morgan fingerprint density at radius 2 is 2.26 bits per heavy atom. The van der Waals surface area contributed by atoms with Crippen LogP contribution in [0, 0.1) is 11.7 Å². The van der Waals surface area contributed by atoms with Crippen molar-refractivity contribution in [3.05, 3.63) is 30.1 Å². The normalized spacial score (nSPS) is 19.9. The summed E-state index contributed by atoms with van der Waals surface area (Å²) in [5.41, 5.74) is 0.191. The van der Waals surface area contributed by atoms with E-state index >= 15 is 0 Å². The zero-order valence-corrected chi connectivity index (χ0v) is 10.6. The third-order valence-electron chi connectivity index (χ3n) is 3.25. The fourth-order valence-electron chi connectivity index (χ4n) is 2.30. The highest BCUT2D eigenvalue weighted by Crippen LogP contribution is 2.15. The average Bonchev–Trinajstić information content (AvgIpc) is 2.41. The SMILES string of the molecule is O=CC1CCCN(CC(=O)Nc2ccccc2F)C1. The maximum atomic E-state index is 13.4. The maximum Gasteiger partial charge on any atom is 0.238 e. The van der Waals surface area contributed by atoms with Gasteiger partial charge >= 0.3 is 0 Å². The molecule has 1 aliphatic rings. The Morgan fingerprint density at radius 3 is 3.00 bits per heavy atom. The van der Waals surface area contributed by atoms with Gasteiger partial charge in [0.05, 0.1) is 12.2 Å². The van der Waals surface area contributed by atoms with E-state index in [9.17, 15) is 14.0 Å². The minimum atomic E-state index is -0.444. The number of para-hydroxylation sites is 1. The number of nitrogens with zero attached hydrogens (tertiary/aromatic N) is 1. The van der Waals surface area contributed by atoms with E-state index in [0.29, 0.717) is 6.54 Å². The standard InChI is InChI=1S/C14H17FN2O2/c15-12-5-1-2-6-13(12)16-14(19)9-17-7-3-4-11(8-17)10-18/h1-2,5-6,10-11H,3-4,7-9H2,(H,16,19). The highest BCUT2D eigenvalue weighted by Gasteiger charge is 2.21. The van der Waals surface area contributed by atoms with E-state index in [-0.39, 0.29) is 24.1 Å². The van der Waals surface area contributed by atoms with Crippen LogP contribution >= 0.6 is 0 Å². The van der Waals surface area contributed by atoms with Crippen LogP contribution in [0.4, 0.5) is 10.1 Å². The summed E-state index contributed by atoms with van der Waals surface area (Å²) >= 11 is 0. The molecule has 4 nitrogen and oxygen atoms in total. The van der Waals surface area contributed by atoms with Crippen molar-refractivity contribution in [1.82, 2.24) is 4.90 Å². The zero-order chi connectivity index (χ0) is 13.7. The Labute approximate surface area is 111 Å². The number of hydrogen-bond acceptors (Lipinski definition) is 3. The van der Waals surface area contributed by atoms with Gasteiger partial charge in [0, 0.05) is 12.5 Å². The highest BCUT2D eigenvalue weighted by molar-refractivity contribution is 5.92. The van der Waals surface area contributed by atoms with E-state index in [1.807, 2.05) is 4.90 Å². The monoisotopic (exact) mass is 264 g/mol. The van der Waals surface area contributed by atoms with E-state index in [0.717, 1.165) is 25.7 Å². The second-order valence-electron chi connectivity index (χ2n) is 4.80. The van der Waals surface area contributed by atoms with Crippen LogP contribution in [-0.4, -0.2) is 36.7 Å². The van der Waals surface area contributed by atoms with Gasteiger partial charge in [0.1, 0.15) is 12.1 Å². The largest absolute Gasteiger partial charge is 0.322 e. The van der Waals surface area contributed by atoms with Crippen molar-refractivity contribution in [2.24, 2.45) is 5.92 Å². The molecular formula is C14H17FN2O2. The molecule has 19 heavy (non-hydrogen) atoms. The van der Waals surface area contributed by atoms with Crippen LogP contribution in [0.3, 0.4) is 0 Å². The topological polar surface area (TPSA) is 49.4 Å². The number of piperidine rings is 1. The zero-order valence-electron chi connectivity index (χ0n) is 10.6. The van der Waals surface area contributed by atoms with Crippen molar-refractivity contribution in [3.8, 4) is 0 Å². The number of likely N-dealkylation sites (tertiary alicyclic amines) is 1. The third kappa shape index (κ3) is 3.86. The fraction of sp³-hybridized carbons (Fsp3) is 0.429. The number of amides is 1. The number of rotatable bonds is 4. The van der Waals surface area contributed by atoms with E-state index in [1.54, 1.807) is 12.1 Å². The number of carbonyl (C=O) groups excluding carboxylic acids is 2. The summed E-state index contributed by atoms with van der Waals surface area (Å²) in [6.45, 7) is 1.60. The van der Waals surface area contributed by atoms with Crippen LogP contribution < -0.4 is 5.32 Å². The van der Waals surface area contributed by atoms with Crippen molar-refractivity contribution in [2.45, 2.75) is 12.8 Å². The van der Waals surface area contributed by atoms with Gasteiger partial charge in [0.25, 0.3) is 0 Å². The first-order valence-corrected chi connectivity index (χ1v) is 6.41. The molecule has 2 rings (SSSR count). The van der Waals surface area contributed by atoms with Crippen molar-refractivity contribution in [2.75, 3.05) is 25.0 Å². The summed E-state index contributed by atoms with van der Waals surface area (Å²) < 4.78 is 13.4. The summed E-state index contributed by atoms with van der Waals surface area (Å²) in [6.07, 6.45) is 2.74. The highest BCUT2D eigenvalue weighted by atomic mass is 19.1. The van der Waals surface area contributed by atoms with Crippen molar-refractivity contribution < 1.29 is 14.0 Å². The number of aldehydes is 1. The van der Waals surface area contributed by atoms with Crippen LogP contribution in [0.1, 0.15) is 12.8 Å². The number of carbonyl (C=O) groups is 2. The Bertz CT molecular complexity index is 465. The number of nitrogens with one attached hydrogen (secondary N) is 1. The lowest BCUT2D eigenvalue weighted by molar-refractivity contribution is -0.119. The van der Waals surface area contributed by atoms with Crippen LogP contribution in [-0.2, 0) is 9.59 Å².